The van der Waals surface area contributed by atoms with Crippen molar-refractivity contribution in [3.05, 3.63) is 0 Å². The molecule has 0 bridgehead atoms. The van der Waals surface area contributed by atoms with E-state index in [9.17, 15) is 14.4 Å². The summed E-state index contributed by atoms with van der Waals surface area (Å²) in [4.78, 5) is 44.6. The topological polar surface area (TPSA) is 82.2 Å². The zero-order valence-electron chi connectivity index (χ0n) is 16.8. The molecule has 2 aliphatic heterocycles. The van der Waals surface area contributed by atoms with Crippen LogP contribution in [0.15, 0.2) is 0 Å². The number of ether oxygens (including phenoxy) is 1. The smallest absolute Gasteiger partial charge is 0.245 e. The van der Waals surface area contributed by atoms with Crippen LogP contribution in [0.5, 0.6) is 0 Å². The van der Waals surface area contributed by atoms with E-state index in [1.54, 1.807) is 12.0 Å². The van der Waals surface area contributed by atoms with Crippen LogP contribution in [-0.4, -0.2) is 97.5 Å². The van der Waals surface area contributed by atoms with E-state index in [1.807, 2.05) is 9.80 Å². The number of nitrogens with one attached hydrogen (secondary N) is 1. The Morgan fingerprint density at radius 2 is 1.71 bits per heavy atom. The molecule has 4 fully saturated rings. The van der Waals surface area contributed by atoms with Crippen molar-refractivity contribution in [2.75, 3.05) is 53.0 Å². The second-order valence-electron chi connectivity index (χ2n) is 8.54. The zero-order valence-corrected chi connectivity index (χ0v) is 16.8. The first-order valence-corrected chi connectivity index (χ1v) is 10.7. The minimum atomic E-state index is -0.437. The molecule has 0 aromatic heterocycles. The molecule has 2 saturated carbocycles. The predicted octanol–water partition coefficient (Wildman–Crippen LogP) is -0.317. The minimum Gasteiger partial charge on any atom is -0.383 e. The van der Waals surface area contributed by atoms with E-state index in [0.29, 0.717) is 39.2 Å². The van der Waals surface area contributed by atoms with E-state index < -0.39 is 6.04 Å². The van der Waals surface area contributed by atoms with Crippen LogP contribution in [0.25, 0.3) is 0 Å². The van der Waals surface area contributed by atoms with Gasteiger partial charge in [0.1, 0.15) is 6.04 Å². The maximum Gasteiger partial charge on any atom is 0.245 e. The summed E-state index contributed by atoms with van der Waals surface area (Å²) in [6.07, 6.45) is 4.28. The molecular weight excluding hydrogens is 360 g/mol. The molecular formula is C20H32N4O4. The highest BCUT2D eigenvalue weighted by molar-refractivity contribution is 5.90. The molecule has 2 atom stereocenters. The van der Waals surface area contributed by atoms with Gasteiger partial charge in [0.05, 0.1) is 12.6 Å². The molecule has 8 nitrogen and oxygen atoms in total. The predicted molar refractivity (Wildman–Crippen MR) is 102 cm³/mol. The van der Waals surface area contributed by atoms with Crippen LogP contribution < -0.4 is 5.32 Å². The first kappa shape index (κ1) is 19.6. The lowest BCUT2D eigenvalue weighted by Gasteiger charge is -2.32. The zero-order chi connectivity index (χ0) is 19.7. The van der Waals surface area contributed by atoms with Gasteiger partial charge in [-0.15, -0.1) is 0 Å². The number of carbonyl (C=O) groups excluding carboxylic acids is 3. The van der Waals surface area contributed by atoms with Crippen molar-refractivity contribution in [3.8, 4) is 0 Å². The van der Waals surface area contributed by atoms with E-state index in [0.717, 1.165) is 38.8 Å². The molecule has 2 saturated heterocycles. The summed E-state index contributed by atoms with van der Waals surface area (Å²) in [6, 6.07) is -0.531. The summed E-state index contributed by atoms with van der Waals surface area (Å²) in [5.41, 5.74) is 0. The van der Waals surface area contributed by atoms with Crippen molar-refractivity contribution in [1.29, 1.82) is 0 Å². The van der Waals surface area contributed by atoms with Crippen LogP contribution in [0, 0.1) is 11.8 Å². The van der Waals surface area contributed by atoms with E-state index in [1.165, 1.54) is 0 Å². The summed E-state index contributed by atoms with van der Waals surface area (Å²) in [5, 5.41) is 3.27. The molecule has 2 unspecified atom stereocenters. The quantitative estimate of drug-likeness (QED) is 0.642. The second kappa shape index (κ2) is 8.37. The molecule has 4 rings (SSSR count). The number of hydrogen-bond acceptors (Lipinski definition) is 5. The monoisotopic (exact) mass is 392 g/mol. The minimum absolute atomic E-state index is 0.0450. The van der Waals surface area contributed by atoms with Crippen molar-refractivity contribution in [3.63, 3.8) is 0 Å². The highest BCUT2D eigenvalue weighted by Crippen LogP contribution is 2.37. The third-order valence-electron chi connectivity index (χ3n) is 6.39. The fraction of sp³-hybridized carbons (Fsp3) is 0.850. The molecule has 0 radical (unpaired) electrons. The number of rotatable bonds is 7. The standard InChI is InChI=1S/C20H32N4O4/c1-28-11-10-23(18(25)14-2-3-14)16-12-17(20(27)22-8-6-21-7-9-22)24(13-16)19(26)15-4-5-15/h14-17,21H,2-13H2,1H3. The summed E-state index contributed by atoms with van der Waals surface area (Å²) < 4.78 is 5.22. The Morgan fingerprint density at radius 3 is 2.32 bits per heavy atom. The van der Waals surface area contributed by atoms with Crippen molar-refractivity contribution >= 4 is 17.7 Å². The fourth-order valence-electron chi connectivity index (χ4n) is 4.41. The van der Waals surface area contributed by atoms with Gasteiger partial charge in [-0.3, -0.25) is 14.4 Å². The number of likely N-dealkylation sites (tertiary alicyclic amines) is 1. The van der Waals surface area contributed by atoms with Gasteiger partial charge in [-0.25, -0.2) is 0 Å². The Bertz CT molecular complexity index is 613. The average Bonchev–Trinajstić information content (AvgIpc) is 3.64. The molecule has 8 heteroatoms. The number of nitrogens with zero attached hydrogens (tertiary/aromatic N) is 3. The van der Waals surface area contributed by atoms with E-state index in [-0.39, 0.29) is 35.6 Å². The summed E-state index contributed by atoms with van der Waals surface area (Å²) >= 11 is 0. The van der Waals surface area contributed by atoms with Crippen LogP contribution in [0.4, 0.5) is 0 Å². The number of piperazine rings is 1. The van der Waals surface area contributed by atoms with Crippen LogP contribution in [-0.2, 0) is 19.1 Å². The molecule has 156 valence electrons. The van der Waals surface area contributed by atoms with E-state index in [2.05, 4.69) is 5.32 Å². The molecule has 28 heavy (non-hydrogen) atoms. The maximum atomic E-state index is 13.2. The Labute approximate surface area is 166 Å². The molecule has 1 N–H and O–H groups in total. The SMILES string of the molecule is COCCN(C(=O)C1CC1)C1CC(C(=O)N2CCNCC2)N(C(=O)C2CC2)C1. The van der Waals surface area contributed by atoms with Crippen molar-refractivity contribution < 1.29 is 19.1 Å². The highest BCUT2D eigenvalue weighted by atomic mass is 16.5. The number of methoxy groups -OCH3 is 1. The summed E-state index contributed by atoms with van der Waals surface area (Å²) in [5.74, 6) is 0.497. The molecule has 3 amide bonds. The fourth-order valence-corrected chi connectivity index (χ4v) is 4.41. The molecule has 0 spiro atoms. The third kappa shape index (κ3) is 4.17. The van der Waals surface area contributed by atoms with Crippen LogP contribution in [0.2, 0.25) is 0 Å². The van der Waals surface area contributed by atoms with Crippen molar-refractivity contribution in [2.24, 2.45) is 11.8 Å². The van der Waals surface area contributed by atoms with Gasteiger partial charge >= 0.3 is 0 Å². The highest BCUT2D eigenvalue weighted by Gasteiger charge is 2.48. The lowest BCUT2D eigenvalue weighted by atomic mass is 10.1. The van der Waals surface area contributed by atoms with Crippen LogP contribution in [0.3, 0.4) is 0 Å². The van der Waals surface area contributed by atoms with Gasteiger partial charge in [0.15, 0.2) is 0 Å². The van der Waals surface area contributed by atoms with Gasteiger partial charge < -0.3 is 24.8 Å². The van der Waals surface area contributed by atoms with Gasteiger partial charge in [0, 0.05) is 58.2 Å². The van der Waals surface area contributed by atoms with Crippen molar-refractivity contribution in [1.82, 2.24) is 20.0 Å². The Kier molecular flexibility index (Phi) is 5.87. The number of hydrogen-bond donors (Lipinski definition) is 1. The lowest BCUT2D eigenvalue weighted by molar-refractivity contribution is -0.144. The van der Waals surface area contributed by atoms with Gasteiger partial charge in [-0.05, 0) is 32.1 Å². The third-order valence-corrected chi connectivity index (χ3v) is 6.39. The largest absolute Gasteiger partial charge is 0.383 e. The van der Waals surface area contributed by atoms with Crippen molar-refractivity contribution in [2.45, 2.75) is 44.2 Å². The average molecular weight is 393 g/mol. The molecule has 2 heterocycles. The Hall–Kier alpha value is -1.67. The molecule has 0 aromatic rings. The lowest BCUT2D eigenvalue weighted by Crippen LogP contribution is -2.53. The Morgan fingerprint density at radius 1 is 1.04 bits per heavy atom. The number of carbonyl (C=O) groups is 3. The van der Waals surface area contributed by atoms with E-state index >= 15 is 0 Å². The first-order valence-electron chi connectivity index (χ1n) is 10.7. The van der Waals surface area contributed by atoms with Gasteiger partial charge in [-0.2, -0.15) is 0 Å². The van der Waals surface area contributed by atoms with E-state index in [4.69, 9.17) is 4.74 Å². The maximum absolute atomic E-state index is 13.2. The number of amides is 3. The van der Waals surface area contributed by atoms with Crippen LogP contribution in [0.1, 0.15) is 32.1 Å². The van der Waals surface area contributed by atoms with Gasteiger partial charge in [0.2, 0.25) is 17.7 Å². The van der Waals surface area contributed by atoms with Crippen LogP contribution >= 0.6 is 0 Å². The molecule has 0 aromatic carbocycles. The molecule has 4 aliphatic rings. The first-order chi connectivity index (χ1) is 13.6. The second-order valence-corrected chi connectivity index (χ2v) is 8.54. The molecule has 2 aliphatic carbocycles. The summed E-state index contributed by atoms with van der Waals surface area (Å²) in [7, 11) is 1.63. The van der Waals surface area contributed by atoms with Gasteiger partial charge in [0.25, 0.3) is 0 Å². The van der Waals surface area contributed by atoms with Gasteiger partial charge in [-0.1, -0.05) is 0 Å². The normalized spacial score (nSPS) is 27.8. The summed E-state index contributed by atoms with van der Waals surface area (Å²) in [6.45, 7) is 4.41. The Balaban J connectivity index is 1.51.